The van der Waals surface area contributed by atoms with Gasteiger partial charge in [-0.1, -0.05) is 40.2 Å². The van der Waals surface area contributed by atoms with Crippen molar-refractivity contribution in [1.29, 1.82) is 0 Å². The Kier molecular flexibility index (Phi) is 7.58. The fourth-order valence-corrected chi connectivity index (χ4v) is 5.76. The number of carbonyl (C=O) groups excluding carboxylic acids is 2. The van der Waals surface area contributed by atoms with Gasteiger partial charge in [-0.2, -0.15) is 0 Å². The SMILES string of the molecule is Cc1nc2cc(C3CC4O[C@]4(C)CCC[C@H](C)C(O)[C@@H](C)C(=O)C(C)(C)[C@@H](O)CC(=O)O3)ccc2n1C. The summed E-state index contributed by atoms with van der Waals surface area (Å²) in [6.45, 7) is 10.9. The van der Waals surface area contributed by atoms with E-state index in [1.54, 1.807) is 20.8 Å². The Morgan fingerprint density at radius 1 is 1.14 bits per heavy atom. The van der Waals surface area contributed by atoms with Crippen molar-refractivity contribution >= 4 is 22.8 Å². The third-order valence-corrected chi connectivity index (χ3v) is 8.91. The van der Waals surface area contributed by atoms with Gasteiger partial charge in [-0.05, 0) is 50.3 Å². The first-order chi connectivity index (χ1) is 17.2. The van der Waals surface area contributed by atoms with Crippen molar-refractivity contribution in [2.45, 2.75) is 104 Å². The molecular formula is C29H42N2O6. The molecule has 2 saturated heterocycles. The van der Waals surface area contributed by atoms with E-state index in [1.165, 1.54) is 0 Å². The van der Waals surface area contributed by atoms with Crippen molar-refractivity contribution in [3.05, 3.63) is 29.6 Å². The molecule has 1 aromatic carbocycles. The number of imidazole rings is 1. The molecule has 0 amide bonds. The second-order valence-corrected chi connectivity index (χ2v) is 12.1. The maximum Gasteiger partial charge on any atom is 0.309 e. The van der Waals surface area contributed by atoms with Gasteiger partial charge < -0.3 is 24.3 Å². The van der Waals surface area contributed by atoms with Crippen LogP contribution in [-0.2, 0) is 26.1 Å². The van der Waals surface area contributed by atoms with E-state index in [0.29, 0.717) is 6.42 Å². The molecule has 2 aliphatic heterocycles. The predicted molar refractivity (Wildman–Crippen MR) is 140 cm³/mol. The second kappa shape index (κ2) is 10.1. The van der Waals surface area contributed by atoms with Crippen molar-refractivity contribution in [3.8, 4) is 0 Å². The van der Waals surface area contributed by atoms with E-state index in [4.69, 9.17) is 9.47 Å². The lowest BCUT2D eigenvalue weighted by Gasteiger charge is -2.34. The molecule has 1 aromatic heterocycles. The fraction of sp³-hybridized carbons (Fsp3) is 0.690. The molecule has 2 fully saturated rings. The lowest BCUT2D eigenvalue weighted by Crippen LogP contribution is -2.45. The smallest absolute Gasteiger partial charge is 0.309 e. The highest BCUT2D eigenvalue weighted by Crippen LogP contribution is 2.46. The number of rotatable bonds is 1. The number of benzene rings is 1. The van der Waals surface area contributed by atoms with Gasteiger partial charge >= 0.3 is 5.97 Å². The molecule has 0 bridgehead atoms. The number of fused-ring (bicyclic) bond motifs is 2. The summed E-state index contributed by atoms with van der Waals surface area (Å²) in [6.07, 6.45) is -0.0873. The van der Waals surface area contributed by atoms with Crippen molar-refractivity contribution in [2.75, 3.05) is 0 Å². The van der Waals surface area contributed by atoms with Crippen LogP contribution in [0.15, 0.2) is 18.2 Å². The van der Waals surface area contributed by atoms with Gasteiger partial charge in [0.2, 0.25) is 0 Å². The van der Waals surface area contributed by atoms with E-state index >= 15 is 0 Å². The van der Waals surface area contributed by atoms with Gasteiger partial charge in [-0.15, -0.1) is 0 Å². The van der Waals surface area contributed by atoms with Gasteiger partial charge in [0.25, 0.3) is 0 Å². The van der Waals surface area contributed by atoms with Gasteiger partial charge in [0.1, 0.15) is 17.7 Å². The number of ether oxygens (including phenoxy) is 2. The third kappa shape index (κ3) is 5.47. The van der Waals surface area contributed by atoms with Gasteiger partial charge in [-0.25, -0.2) is 4.98 Å². The molecule has 7 atom stereocenters. The molecule has 2 aliphatic rings. The number of epoxide rings is 1. The first-order valence-electron chi connectivity index (χ1n) is 13.5. The minimum Gasteiger partial charge on any atom is -0.457 e. The molecule has 204 valence electrons. The zero-order valence-corrected chi connectivity index (χ0v) is 23.2. The normalized spacial score (nSPS) is 35.7. The number of esters is 1. The van der Waals surface area contributed by atoms with Gasteiger partial charge in [-0.3, -0.25) is 9.59 Å². The zero-order valence-electron chi connectivity index (χ0n) is 23.2. The summed E-state index contributed by atoms with van der Waals surface area (Å²) in [5.74, 6) is -0.683. The minimum atomic E-state index is -1.24. The van der Waals surface area contributed by atoms with E-state index in [1.807, 2.05) is 43.7 Å². The first-order valence-corrected chi connectivity index (χ1v) is 13.5. The highest BCUT2D eigenvalue weighted by molar-refractivity contribution is 5.88. The van der Waals surface area contributed by atoms with Crippen molar-refractivity contribution in [1.82, 2.24) is 9.55 Å². The average molecular weight is 515 g/mol. The van der Waals surface area contributed by atoms with Crippen LogP contribution in [0, 0.1) is 24.2 Å². The highest BCUT2D eigenvalue weighted by Gasteiger charge is 2.53. The van der Waals surface area contributed by atoms with Gasteiger partial charge in [0, 0.05) is 19.4 Å². The minimum absolute atomic E-state index is 0.0681. The van der Waals surface area contributed by atoms with Crippen LogP contribution in [0.1, 0.15) is 84.2 Å². The molecule has 4 rings (SSSR count). The number of ketones is 1. The van der Waals surface area contributed by atoms with Crippen molar-refractivity contribution < 1.29 is 29.3 Å². The molecule has 0 radical (unpaired) electrons. The topological polar surface area (TPSA) is 114 Å². The maximum absolute atomic E-state index is 13.3. The molecule has 2 N–H and O–H groups in total. The third-order valence-electron chi connectivity index (χ3n) is 8.91. The Labute approximate surface area is 219 Å². The van der Waals surface area contributed by atoms with E-state index in [0.717, 1.165) is 41.7 Å². The highest BCUT2D eigenvalue weighted by atomic mass is 16.6. The molecule has 2 aromatic rings. The quantitative estimate of drug-likeness (QED) is 0.433. The molecule has 0 aliphatic carbocycles. The Morgan fingerprint density at radius 3 is 2.54 bits per heavy atom. The van der Waals surface area contributed by atoms with Crippen LogP contribution in [0.25, 0.3) is 11.0 Å². The molecular weight excluding hydrogens is 472 g/mol. The summed E-state index contributed by atoms with van der Waals surface area (Å²) in [4.78, 5) is 31.0. The number of nitrogens with zero attached hydrogens (tertiary/aromatic N) is 2. The molecule has 0 saturated carbocycles. The molecule has 3 unspecified atom stereocenters. The second-order valence-electron chi connectivity index (χ2n) is 12.1. The van der Waals surface area contributed by atoms with Crippen LogP contribution < -0.4 is 0 Å². The van der Waals surface area contributed by atoms with E-state index < -0.39 is 35.6 Å². The summed E-state index contributed by atoms with van der Waals surface area (Å²) >= 11 is 0. The first kappa shape index (κ1) is 27.7. The van der Waals surface area contributed by atoms with Crippen LogP contribution in [0.4, 0.5) is 0 Å². The summed E-state index contributed by atoms with van der Waals surface area (Å²) in [7, 11) is 1.96. The summed E-state index contributed by atoms with van der Waals surface area (Å²) in [6, 6.07) is 5.89. The Bertz CT molecular complexity index is 1170. The van der Waals surface area contributed by atoms with Crippen LogP contribution in [0.5, 0.6) is 0 Å². The molecule has 8 nitrogen and oxygen atoms in total. The number of Topliss-reactive ketones (excluding diaryl/α,β-unsaturated/α-hetero) is 1. The number of carbonyl (C=O) groups is 2. The monoisotopic (exact) mass is 514 g/mol. The van der Waals surface area contributed by atoms with E-state index in [9.17, 15) is 19.8 Å². The van der Waals surface area contributed by atoms with Gasteiger partial charge in [0.05, 0.1) is 46.8 Å². The number of aliphatic hydroxyl groups excluding tert-OH is 2. The van der Waals surface area contributed by atoms with Crippen molar-refractivity contribution in [2.24, 2.45) is 24.3 Å². The predicted octanol–water partition coefficient (Wildman–Crippen LogP) is 4.18. The summed E-state index contributed by atoms with van der Waals surface area (Å²) in [5.41, 5.74) is 1.12. The lowest BCUT2D eigenvalue weighted by molar-refractivity contribution is -0.156. The van der Waals surface area contributed by atoms with E-state index in [2.05, 4.69) is 11.9 Å². The number of aliphatic hydroxyl groups is 2. The lowest BCUT2D eigenvalue weighted by atomic mass is 9.73. The molecule has 0 spiro atoms. The summed E-state index contributed by atoms with van der Waals surface area (Å²) in [5, 5.41) is 21.8. The number of hydrogen-bond acceptors (Lipinski definition) is 7. The van der Waals surface area contributed by atoms with E-state index in [-0.39, 0.29) is 29.8 Å². The largest absolute Gasteiger partial charge is 0.457 e. The number of cyclic esters (lactones) is 1. The van der Waals surface area contributed by atoms with Crippen LogP contribution in [-0.4, -0.2) is 55.4 Å². The number of aromatic nitrogens is 2. The van der Waals surface area contributed by atoms with Crippen LogP contribution >= 0.6 is 0 Å². The van der Waals surface area contributed by atoms with Gasteiger partial charge in [0.15, 0.2) is 0 Å². The molecule has 3 heterocycles. The van der Waals surface area contributed by atoms with Crippen molar-refractivity contribution in [3.63, 3.8) is 0 Å². The van der Waals surface area contributed by atoms with Crippen LogP contribution in [0.2, 0.25) is 0 Å². The maximum atomic E-state index is 13.3. The number of hydrogen-bond donors (Lipinski definition) is 2. The number of aryl methyl sites for hydroxylation is 2. The summed E-state index contributed by atoms with van der Waals surface area (Å²) < 4.78 is 14.1. The molecule has 8 heteroatoms. The fourth-order valence-electron chi connectivity index (χ4n) is 5.76. The zero-order chi connectivity index (χ0) is 27.3. The average Bonchev–Trinajstić information content (AvgIpc) is 3.38. The Hall–Kier alpha value is -2.29. The molecule has 37 heavy (non-hydrogen) atoms. The van der Waals surface area contributed by atoms with Crippen LogP contribution in [0.3, 0.4) is 0 Å². The standard InChI is InChI=1S/C29H42N2O6/c1-16-9-8-12-29(6)24(37-29)14-22(19-10-11-21-20(13-19)30-18(3)31(21)7)36-25(33)15-23(32)28(4,5)27(35)17(2)26(16)34/h10-11,13,16-17,22-24,26,32,34H,8-9,12,14-15H2,1-7H3/t16-,17+,22?,23-,24?,26?,29+/m0/s1. The Balaban J connectivity index is 1.63. The Morgan fingerprint density at radius 2 is 1.84 bits per heavy atom.